The van der Waals surface area contributed by atoms with E-state index in [2.05, 4.69) is 18.7 Å². The van der Waals surface area contributed by atoms with Gasteiger partial charge in [-0.2, -0.15) is 0 Å². The van der Waals surface area contributed by atoms with Crippen molar-refractivity contribution in [2.45, 2.75) is 52.0 Å². The van der Waals surface area contributed by atoms with Crippen molar-refractivity contribution < 1.29 is 5.11 Å². The SMILES string of the molecule is CCN(CCCO)C1CCCCC1C. The molecule has 0 aromatic heterocycles. The van der Waals surface area contributed by atoms with Gasteiger partial charge in [0.2, 0.25) is 0 Å². The summed E-state index contributed by atoms with van der Waals surface area (Å²) in [5.74, 6) is 0.849. The Hall–Kier alpha value is -0.0800. The molecule has 1 aliphatic rings. The highest BCUT2D eigenvalue weighted by Gasteiger charge is 2.25. The van der Waals surface area contributed by atoms with Crippen LogP contribution in [0.5, 0.6) is 0 Å². The molecule has 2 heteroatoms. The third-order valence-corrected chi connectivity index (χ3v) is 3.54. The van der Waals surface area contributed by atoms with E-state index >= 15 is 0 Å². The molecule has 0 heterocycles. The lowest BCUT2D eigenvalue weighted by Crippen LogP contribution is -2.42. The summed E-state index contributed by atoms with van der Waals surface area (Å²) >= 11 is 0. The predicted octanol–water partition coefficient (Wildman–Crippen LogP) is 2.27. The topological polar surface area (TPSA) is 23.5 Å². The Bertz CT molecular complexity index is 149. The highest BCUT2D eigenvalue weighted by Crippen LogP contribution is 2.27. The average Bonchev–Trinajstić information content (AvgIpc) is 2.21. The Balaban J connectivity index is 2.40. The van der Waals surface area contributed by atoms with E-state index in [1.807, 2.05) is 0 Å². The minimum atomic E-state index is 0.331. The maximum atomic E-state index is 8.85. The normalized spacial score (nSPS) is 28.3. The summed E-state index contributed by atoms with van der Waals surface area (Å²) in [7, 11) is 0. The monoisotopic (exact) mass is 199 g/mol. The van der Waals surface area contributed by atoms with Crippen LogP contribution in [0.3, 0.4) is 0 Å². The van der Waals surface area contributed by atoms with E-state index in [9.17, 15) is 0 Å². The molecule has 1 aliphatic carbocycles. The Morgan fingerprint density at radius 2 is 2.00 bits per heavy atom. The van der Waals surface area contributed by atoms with Crippen LogP contribution >= 0.6 is 0 Å². The summed E-state index contributed by atoms with van der Waals surface area (Å²) in [5, 5.41) is 8.85. The zero-order valence-electron chi connectivity index (χ0n) is 9.71. The van der Waals surface area contributed by atoms with E-state index in [4.69, 9.17) is 5.11 Å². The van der Waals surface area contributed by atoms with Crippen LogP contribution in [0.2, 0.25) is 0 Å². The fraction of sp³-hybridized carbons (Fsp3) is 1.00. The summed E-state index contributed by atoms with van der Waals surface area (Å²) in [6.45, 7) is 7.15. The molecule has 14 heavy (non-hydrogen) atoms. The summed E-state index contributed by atoms with van der Waals surface area (Å²) in [4.78, 5) is 2.56. The third-order valence-electron chi connectivity index (χ3n) is 3.54. The summed E-state index contributed by atoms with van der Waals surface area (Å²) in [5.41, 5.74) is 0. The van der Waals surface area contributed by atoms with Crippen LogP contribution < -0.4 is 0 Å². The van der Waals surface area contributed by atoms with Gasteiger partial charge in [-0.05, 0) is 31.7 Å². The first-order chi connectivity index (χ1) is 6.79. The molecule has 84 valence electrons. The lowest BCUT2D eigenvalue weighted by molar-refractivity contribution is 0.109. The zero-order chi connectivity index (χ0) is 10.4. The number of hydrogen-bond acceptors (Lipinski definition) is 2. The minimum Gasteiger partial charge on any atom is -0.396 e. The van der Waals surface area contributed by atoms with E-state index in [0.717, 1.165) is 31.5 Å². The molecule has 1 fully saturated rings. The fourth-order valence-electron chi connectivity index (χ4n) is 2.67. The molecule has 0 spiro atoms. The predicted molar refractivity (Wildman–Crippen MR) is 60.4 cm³/mol. The van der Waals surface area contributed by atoms with Gasteiger partial charge in [-0.15, -0.1) is 0 Å². The van der Waals surface area contributed by atoms with Gasteiger partial charge < -0.3 is 10.0 Å². The Labute approximate surface area is 88.3 Å². The second-order valence-electron chi connectivity index (χ2n) is 4.53. The summed E-state index contributed by atoms with van der Waals surface area (Å²) in [6, 6.07) is 0.778. The van der Waals surface area contributed by atoms with Gasteiger partial charge in [0.15, 0.2) is 0 Å². The lowest BCUT2D eigenvalue weighted by Gasteiger charge is -2.38. The van der Waals surface area contributed by atoms with Crippen molar-refractivity contribution in [2.24, 2.45) is 5.92 Å². The van der Waals surface area contributed by atoms with Crippen molar-refractivity contribution in [1.29, 1.82) is 0 Å². The second-order valence-corrected chi connectivity index (χ2v) is 4.53. The molecule has 2 nitrogen and oxygen atoms in total. The minimum absolute atomic E-state index is 0.331. The molecular weight excluding hydrogens is 174 g/mol. The van der Waals surface area contributed by atoms with Crippen LogP contribution in [0, 0.1) is 5.92 Å². The van der Waals surface area contributed by atoms with E-state index in [0.29, 0.717) is 6.61 Å². The Morgan fingerprint density at radius 3 is 2.57 bits per heavy atom. The number of aliphatic hydroxyl groups excluding tert-OH is 1. The first kappa shape index (κ1) is 12.0. The number of rotatable bonds is 5. The van der Waals surface area contributed by atoms with E-state index < -0.39 is 0 Å². The molecule has 0 amide bonds. The molecule has 0 aromatic rings. The lowest BCUT2D eigenvalue weighted by atomic mass is 9.85. The van der Waals surface area contributed by atoms with Crippen molar-refractivity contribution >= 4 is 0 Å². The highest BCUT2D eigenvalue weighted by atomic mass is 16.3. The Morgan fingerprint density at radius 1 is 1.29 bits per heavy atom. The fourth-order valence-corrected chi connectivity index (χ4v) is 2.67. The summed E-state index contributed by atoms with van der Waals surface area (Å²) in [6.07, 6.45) is 6.48. The zero-order valence-corrected chi connectivity index (χ0v) is 9.71. The van der Waals surface area contributed by atoms with Crippen molar-refractivity contribution in [3.8, 4) is 0 Å². The molecule has 0 bridgehead atoms. The van der Waals surface area contributed by atoms with Crippen molar-refractivity contribution in [3.05, 3.63) is 0 Å². The molecule has 1 rings (SSSR count). The summed E-state index contributed by atoms with van der Waals surface area (Å²) < 4.78 is 0. The standard InChI is InChI=1S/C12H25NO/c1-3-13(9-6-10-14)12-8-5-4-7-11(12)2/h11-12,14H,3-10H2,1-2H3. The Kier molecular flexibility index (Phi) is 5.49. The van der Waals surface area contributed by atoms with Gasteiger partial charge in [-0.3, -0.25) is 0 Å². The molecular formula is C12H25NO. The van der Waals surface area contributed by atoms with Crippen LogP contribution in [0.15, 0.2) is 0 Å². The van der Waals surface area contributed by atoms with Crippen molar-refractivity contribution in [3.63, 3.8) is 0 Å². The van der Waals surface area contributed by atoms with Gasteiger partial charge >= 0.3 is 0 Å². The molecule has 2 atom stereocenters. The van der Waals surface area contributed by atoms with Crippen LogP contribution in [0.4, 0.5) is 0 Å². The third kappa shape index (κ3) is 3.25. The van der Waals surface area contributed by atoms with Crippen LogP contribution in [-0.4, -0.2) is 35.7 Å². The van der Waals surface area contributed by atoms with Crippen LogP contribution in [-0.2, 0) is 0 Å². The van der Waals surface area contributed by atoms with Crippen LogP contribution in [0.1, 0.15) is 46.0 Å². The van der Waals surface area contributed by atoms with Crippen LogP contribution in [0.25, 0.3) is 0 Å². The van der Waals surface area contributed by atoms with Crippen molar-refractivity contribution in [1.82, 2.24) is 4.90 Å². The molecule has 1 N–H and O–H groups in total. The van der Waals surface area contributed by atoms with E-state index in [1.54, 1.807) is 0 Å². The highest BCUT2D eigenvalue weighted by molar-refractivity contribution is 4.80. The number of nitrogens with zero attached hydrogens (tertiary/aromatic N) is 1. The van der Waals surface area contributed by atoms with Gasteiger partial charge in [0, 0.05) is 19.2 Å². The molecule has 2 unspecified atom stereocenters. The first-order valence-electron chi connectivity index (χ1n) is 6.14. The van der Waals surface area contributed by atoms with Gasteiger partial charge in [0.25, 0.3) is 0 Å². The molecule has 0 saturated heterocycles. The van der Waals surface area contributed by atoms with Gasteiger partial charge in [-0.25, -0.2) is 0 Å². The maximum absolute atomic E-state index is 8.85. The van der Waals surface area contributed by atoms with Gasteiger partial charge in [-0.1, -0.05) is 26.7 Å². The first-order valence-corrected chi connectivity index (χ1v) is 6.14. The molecule has 0 radical (unpaired) electrons. The molecule has 0 aromatic carbocycles. The largest absolute Gasteiger partial charge is 0.396 e. The molecule has 1 saturated carbocycles. The van der Waals surface area contributed by atoms with Gasteiger partial charge in [0.1, 0.15) is 0 Å². The van der Waals surface area contributed by atoms with E-state index in [1.165, 1.54) is 25.7 Å². The van der Waals surface area contributed by atoms with Crippen molar-refractivity contribution in [2.75, 3.05) is 19.7 Å². The quantitative estimate of drug-likeness (QED) is 0.734. The van der Waals surface area contributed by atoms with E-state index in [-0.39, 0.29) is 0 Å². The smallest absolute Gasteiger partial charge is 0.0443 e. The average molecular weight is 199 g/mol. The number of aliphatic hydroxyl groups is 1. The second kappa shape index (κ2) is 6.41. The van der Waals surface area contributed by atoms with Gasteiger partial charge in [0.05, 0.1) is 0 Å². The number of hydrogen-bond donors (Lipinski definition) is 1. The molecule has 0 aliphatic heterocycles. The maximum Gasteiger partial charge on any atom is 0.0443 e.